The van der Waals surface area contributed by atoms with Crippen LogP contribution in [0, 0.1) is 5.82 Å². The van der Waals surface area contributed by atoms with E-state index in [1.807, 2.05) is 48.7 Å². The van der Waals surface area contributed by atoms with Gasteiger partial charge in [0.25, 0.3) is 0 Å². The summed E-state index contributed by atoms with van der Waals surface area (Å²) < 4.78 is 40.9. The number of aromatic nitrogens is 3. The van der Waals surface area contributed by atoms with Crippen molar-refractivity contribution < 1.29 is 23.0 Å². The number of fused-ring (bicyclic) bond motifs is 2. The van der Waals surface area contributed by atoms with Gasteiger partial charge in [-0.3, -0.25) is 13.9 Å². The maximum absolute atomic E-state index is 13.2. The lowest BCUT2D eigenvalue weighted by Crippen LogP contribution is -2.18. The van der Waals surface area contributed by atoms with Gasteiger partial charge in [-0.15, -0.1) is 5.10 Å². The van der Waals surface area contributed by atoms with Gasteiger partial charge in [-0.2, -0.15) is 15.6 Å². The molecular formula is C30H28FN5O4S. The number of ether oxygens (including phenoxy) is 1. The van der Waals surface area contributed by atoms with Crippen LogP contribution in [0.1, 0.15) is 24.0 Å². The molecular weight excluding hydrogens is 545 g/mol. The van der Waals surface area contributed by atoms with E-state index in [0.29, 0.717) is 45.8 Å². The number of carbonyl (C=O) groups is 1. The third kappa shape index (κ3) is 5.34. The minimum absolute atomic E-state index is 0.178. The smallest absolute Gasteiger partial charge is 0.247 e. The van der Waals surface area contributed by atoms with Crippen LogP contribution in [0.4, 0.5) is 21.7 Å². The van der Waals surface area contributed by atoms with E-state index in [1.54, 1.807) is 29.6 Å². The lowest BCUT2D eigenvalue weighted by molar-refractivity contribution is -0.117. The molecule has 210 valence electrons. The molecule has 0 saturated heterocycles. The summed E-state index contributed by atoms with van der Waals surface area (Å²) in [4.78, 5) is 17.8. The van der Waals surface area contributed by atoms with Crippen molar-refractivity contribution in [2.45, 2.75) is 24.2 Å². The van der Waals surface area contributed by atoms with Gasteiger partial charge in [0.2, 0.25) is 11.9 Å². The molecule has 6 rings (SSSR count). The zero-order valence-corrected chi connectivity index (χ0v) is 23.2. The van der Waals surface area contributed by atoms with Gasteiger partial charge >= 0.3 is 0 Å². The molecule has 0 unspecified atom stereocenters. The number of hydrogen-bond acceptors (Lipinski definition) is 7. The Morgan fingerprint density at radius 1 is 1.05 bits per heavy atom. The fourth-order valence-electron chi connectivity index (χ4n) is 4.87. The molecule has 11 heteroatoms. The normalized spacial score (nSPS) is 15.2. The highest BCUT2D eigenvalue weighted by molar-refractivity contribution is 8.24. The second kappa shape index (κ2) is 10.5. The van der Waals surface area contributed by atoms with Crippen molar-refractivity contribution in [2.75, 3.05) is 23.5 Å². The highest BCUT2D eigenvalue weighted by atomic mass is 32.3. The molecule has 2 aromatic heterocycles. The van der Waals surface area contributed by atoms with E-state index in [9.17, 15) is 18.3 Å². The Hall–Kier alpha value is -4.45. The van der Waals surface area contributed by atoms with Crippen molar-refractivity contribution in [3.63, 3.8) is 0 Å². The van der Waals surface area contributed by atoms with Crippen LogP contribution < -0.4 is 15.4 Å². The number of amides is 1. The Morgan fingerprint density at radius 3 is 2.54 bits per heavy atom. The van der Waals surface area contributed by atoms with Crippen LogP contribution >= 0.6 is 10.6 Å². The molecule has 1 aliphatic heterocycles. The van der Waals surface area contributed by atoms with Gasteiger partial charge in [0, 0.05) is 23.7 Å². The first-order valence-corrected chi connectivity index (χ1v) is 14.7. The van der Waals surface area contributed by atoms with Crippen LogP contribution in [0.3, 0.4) is 0 Å². The van der Waals surface area contributed by atoms with Gasteiger partial charge in [0.1, 0.15) is 11.6 Å². The summed E-state index contributed by atoms with van der Waals surface area (Å²) in [6.07, 6.45) is 2.39. The number of nitrogens with zero attached hydrogens (tertiary/aromatic N) is 3. The standard InChI is InChI=1S/C30H28FN5O4S/c1-18(19-3-7-23(31)8-4-19)29(37)32-24-9-5-20(6-10-24)21-11-13-36-28(16-21)34-30(35-36)33-25-15-22-12-14-41(38,39)27(22)17-26(25)40-2/h3-11,13,15-18,38-39H,12,14H2,1-2H3,(H,32,37)(H,33,35)/t18-/m1/s1. The van der Waals surface area contributed by atoms with Crippen LogP contribution in [-0.4, -0.2) is 42.5 Å². The van der Waals surface area contributed by atoms with Gasteiger partial charge in [0.05, 0.1) is 23.6 Å². The zero-order valence-electron chi connectivity index (χ0n) is 22.3. The molecule has 41 heavy (non-hydrogen) atoms. The van der Waals surface area contributed by atoms with Gasteiger partial charge in [-0.05, 0) is 78.1 Å². The first kappa shape index (κ1) is 26.8. The number of halogens is 1. The van der Waals surface area contributed by atoms with Crippen LogP contribution in [0.15, 0.2) is 83.9 Å². The van der Waals surface area contributed by atoms with Gasteiger partial charge < -0.3 is 15.4 Å². The summed E-state index contributed by atoms with van der Waals surface area (Å²) in [5.74, 6) is 0.221. The SMILES string of the molecule is COc1cc2c(cc1Nc1nc3cc(-c4ccc(NC(=O)[C@H](C)c5ccc(F)cc5)cc4)ccn3n1)CCS2(O)O. The molecule has 0 radical (unpaired) electrons. The van der Waals surface area contributed by atoms with Crippen LogP contribution in [-0.2, 0) is 11.2 Å². The van der Waals surface area contributed by atoms with Crippen molar-refractivity contribution in [3.05, 3.63) is 95.9 Å². The van der Waals surface area contributed by atoms with E-state index in [-0.39, 0.29) is 11.7 Å². The molecule has 9 nitrogen and oxygen atoms in total. The number of rotatable bonds is 7. The van der Waals surface area contributed by atoms with E-state index >= 15 is 0 Å². The lowest BCUT2D eigenvalue weighted by Gasteiger charge is -2.27. The number of hydrogen-bond donors (Lipinski definition) is 4. The van der Waals surface area contributed by atoms with Crippen molar-refractivity contribution >= 4 is 39.5 Å². The number of nitrogens with one attached hydrogen (secondary N) is 2. The summed E-state index contributed by atoms with van der Waals surface area (Å²) in [6, 6.07) is 20.8. The molecule has 0 fully saturated rings. The average Bonchev–Trinajstić information content (AvgIpc) is 3.51. The highest BCUT2D eigenvalue weighted by Gasteiger charge is 2.29. The average molecular weight is 574 g/mol. The number of carbonyl (C=O) groups excluding carboxylic acids is 1. The number of pyridine rings is 1. The quantitative estimate of drug-likeness (QED) is 0.171. The van der Waals surface area contributed by atoms with Gasteiger partial charge in [0.15, 0.2) is 5.65 Å². The van der Waals surface area contributed by atoms with E-state index in [2.05, 4.69) is 20.7 Å². The molecule has 0 aliphatic carbocycles. The molecule has 1 amide bonds. The largest absolute Gasteiger partial charge is 0.495 e. The second-order valence-electron chi connectivity index (χ2n) is 9.90. The second-order valence-corrected chi connectivity index (χ2v) is 12.1. The van der Waals surface area contributed by atoms with E-state index in [0.717, 1.165) is 22.3 Å². The number of anilines is 3. The van der Waals surface area contributed by atoms with Crippen molar-refractivity contribution in [2.24, 2.45) is 0 Å². The first-order valence-electron chi connectivity index (χ1n) is 13.0. The zero-order chi connectivity index (χ0) is 28.7. The first-order chi connectivity index (χ1) is 19.7. The number of methoxy groups -OCH3 is 1. The van der Waals surface area contributed by atoms with Crippen molar-refractivity contribution in [1.82, 2.24) is 14.6 Å². The Labute approximate surface area is 237 Å². The molecule has 0 spiro atoms. The van der Waals surface area contributed by atoms with Crippen LogP contribution in [0.2, 0.25) is 0 Å². The molecule has 4 N–H and O–H groups in total. The van der Waals surface area contributed by atoms with Crippen LogP contribution in [0.5, 0.6) is 5.75 Å². The monoisotopic (exact) mass is 573 g/mol. The Balaban J connectivity index is 1.17. The minimum Gasteiger partial charge on any atom is -0.495 e. The summed E-state index contributed by atoms with van der Waals surface area (Å²) >= 11 is 0. The molecule has 3 aromatic carbocycles. The Bertz CT molecular complexity index is 1760. The maximum Gasteiger partial charge on any atom is 0.247 e. The molecule has 1 atom stereocenters. The van der Waals surface area contributed by atoms with E-state index in [1.165, 1.54) is 19.2 Å². The fraction of sp³-hybridized carbons (Fsp3) is 0.167. The van der Waals surface area contributed by atoms with E-state index < -0.39 is 16.5 Å². The number of aryl methyl sites for hydroxylation is 1. The van der Waals surface area contributed by atoms with Crippen molar-refractivity contribution in [3.8, 4) is 16.9 Å². The summed E-state index contributed by atoms with van der Waals surface area (Å²) in [5, 5.41) is 10.6. The molecule has 0 saturated carbocycles. The molecule has 0 bridgehead atoms. The van der Waals surface area contributed by atoms with E-state index in [4.69, 9.17) is 4.74 Å². The van der Waals surface area contributed by atoms with Gasteiger partial charge in [-0.25, -0.2) is 8.91 Å². The topological polar surface area (TPSA) is 121 Å². The number of benzene rings is 3. The molecule has 1 aliphatic rings. The molecule has 3 heterocycles. The maximum atomic E-state index is 13.2. The molecule has 5 aromatic rings. The van der Waals surface area contributed by atoms with Crippen LogP contribution in [0.25, 0.3) is 16.8 Å². The third-order valence-electron chi connectivity index (χ3n) is 7.22. The third-order valence-corrected chi connectivity index (χ3v) is 9.08. The Morgan fingerprint density at radius 2 is 1.80 bits per heavy atom. The fourth-order valence-corrected chi connectivity index (χ4v) is 6.47. The summed E-state index contributed by atoms with van der Waals surface area (Å²) in [7, 11) is -1.25. The lowest BCUT2D eigenvalue weighted by atomic mass is 10.00. The summed E-state index contributed by atoms with van der Waals surface area (Å²) in [5.41, 5.74) is 5.40. The predicted molar refractivity (Wildman–Crippen MR) is 158 cm³/mol. The highest BCUT2D eigenvalue weighted by Crippen LogP contribution is 2.57. The van der Waals surface area contributed by atoms with Crippen molar-refractivity contribution in [1.29, 1.82) is 0 Å². The minimum atomic E-state index is -2.78. The van der Waals surface area contributed by atoms with Gasteiger partial charge in [-0.1, -0.05) is 24.3 Å². The predicted octanol–water partition coefficient (Wildman–Crippen LogP) is 6.70. The summed E-state index contributed by atoms with van der Waals surface area (Å²) in [6.45, 7) is 1.78. The Kier molecular flexibility index (Phi) is 6.86.